The molecule has 2 aromatic carbocycles. The molecule has 24 heavy (non-hydrogen) atoms. The third kappa shape index (κ3) is 6.96. The highest BCUT2D eigenvalue weighted by Gasteiger charge is 2.00. The van der Waals surface area contributed by atoms with Crippen LogP contribution >= 0.6 is 35.7 Å². The molecule has 0 amide bonds. The SMILES string of the molecule is COc1ccc(NC(N)=NCCSCc2ccccc2F)cc1.I. The Morgan fingerprint density at radius 3 is 2.58 bits per heavy atom. The van der Waals surface area contributed by atoms with Gasteiger partial charge in [0, 0.05) is 17.2 Å². The number of guanidine groups is 1. The molecule has 7 heteroatoms. The van der Waals surface area contributed by atoms with Crippen LogP contribution in [0.1, 0.15) is 5.56 Å². The predicted molar refractivity (Wildman–Crippen MR) is 111 cm³/mol. The summed E-state index contributed by atoms with van der Waals surface area (Å²) in [5.74, 6) is 2.40. The largest absolute Gasteiger partial charge is 0.497 e. The number of hydrogen-bond donors (Lipinski definition) is 2. The second-order valence-electron chi connectivity index (χ2n) is 4.76. The van der Waals surface area contributed by atoms with Crippen molar-refractivity contribution in [1.29, 1.82) is 0 Å². The van der Waals surface area contributed by atoms with E-state index in [0.29, 0.717) is 23.8 Å². The summed E-state index contributed by atoms with van der Waals surface area (Å²) in [4.78, 5) is 4.25. The first-order valence-electron chi connectivity index (χ1n) is 7.21. The third-order valence-electron chi connectivity index (χ3n) is 3.10. The molecule has 0 saturated heterocycles. The van der Waals surface area contributed by atoms with Crippen LogP contribution in [0.5, 0.6) is 5.75 Å². The molecule has 0 heterocycles. The van der Waals surface area contributed by atoms with E-state index in [1.807, 2.05) is 30.3 Å². The van der Waals surface area contributed by atoms with Crippen molar-refractivity contribution in [2.24, 2.45) is 10.7 Å². The molecule has 0 spiro atoms. The van der Waals surface area contributed by atoms with E-state index < -0.39 is 0 Å². The Kier molecular flexibility index (Phi) is 9.55. The number of nitrogens with two attached hydrogens (primary N) is 1. The van der Waals surface area contributed by atoms with E-state index in [1.54, 1.807) is 31.0 Å². The third-order valence-corrected chi connectivity index (χ3v) is 4.08. The normalized spacial score (nSPS) is 10.8. The number of hydrogen-bond acceptors (Lipinski definition) is 3. The zero-order valence-electron chi connectivity index (χ0n) is 13.4. The molecular formula is C17H21FIN3OS. The molecule has 0 aliphatic carbocycles. The summed E-state index contributed by atoms with van der Waals surface area (Å²) < 4.78 is 18.5. The molecule has 2 aromatic rings. The molecule has 0 bridgehead atoms. The summed E-state index contributed by atoms with van der Waals surface area (Å²) in [6.07, 6.45) is 0. The molecule has 0 aliphatic heterocycles. The van der Waals surface area contributed by atoms with Crippen LogP contribution in [0.2, 0.25) is 0 Å². The summed E-state index contributed by atoms with van der Waals surface area (Å²) in [6, 6.07) is 14.2. The van der Waals surface area contributed by atoms with Crippen LogP contribution in [0.25, 0.3) is 0 Å². The monoisotopic (exact) mass is 461 g/mol. The Morgan fingerprint density at radius 2 is 1.92 bits per heavy atom. The van der Waals surface area contributed by atoms with Gasteiger partial charge in [-0.25, -0.2) is 4.39 Å². The van der Waals surface area contributed by atoms with Crippen LogP contribution in [-0.2, 0) is 5.75 Å². The van der Waals surface area contributed by atoms with Crippen LogP contribution in [0.15, 0.2) is 53.5 Å². The maximum absolute atomic E-state index is 13.4. The van der Waals surface area contributed by atoms with E-state index >= 15 is 0 Å². The number of thioether (sulfide) groups is 1. The van der Waals surface area contributed by atoms with Crippen molar-refractivity contribution >= 4 is 47.4 Å². The predicted octanol–water partition coefficient (Wildman–Crippen LogP) is 4.11. The number of anilines is 1. The van der Waals surface area contributed by atoms with Crippen molar-refractivity contribution in [2.45, 2.75) is 5.75 Å². The van der Waals surface area contributed by atoms with Gasteiger partial charge in [0.1, 0.15) is 11.6 Å². The van der Waals surface area contributed by atoms with Crippen LogP contribution in [0, 0.1) is 5.82 Å². The van der Waals surface area contributed by atoms with Crippen molar-refractivity contribution in [3.63, 3.8) is 0 Å². The van der Waals surface area contributed by atoms with E-state index in [9.17, 15) is 4.39 Å². The summed E-state index contributed by atoms with van der Waals surface area (Å²) in [7, 11) is 1.62. The Labute approximate surface area is 163 Å². The number of halogens is 2. The van der Waals surface area contributed by atoms with Gasteiger partial charge in [-0.3, -0.25) is 4.99 Å². The molecule has 0 aromatic heterocycles. The lowest BCUT2D eigenvalue weighted by Gasteiger charge is -2.07. The van der Waals surface area contributed by atoms with Crippen LogP contribution < -0.4 is 15.8 Å². The quantitative estimate of drug-likeness (QED) is 0.282. The number of rotatable bonds is 7. The van der Waals surface area contributed by atoms with Crippen LogP contribution in [-0.4, -0.2) is 25.4 Å². The number of methoxy groups -OCH3 is 1. The van der Waals surface area contributed by atoms with Crippen LogP contribution in [0.3, 0.4) is 0 Å². The minimum absolute atomic E-state index is 0. The van der Waals surface area contributed by atoms with E-state index in [2.05, 4.69) is 10.3 Å². The van der Waals surface area contributed by atoms with E-state index in [1.165, 1.54) is 6.07 Å². The number of nitrogens with one attached hydrogen (secondary N) is 1. The molecule has 0 unspecified atom stereocenters. The molecule has 130 valence electrons. The summed E-state index contributed by atoms with van der Waals surface area (Å²) in [6.45, 7) is 0.577. The van der Waals surface area contributed by atoms with Gasteiger partial charge < -0.3 is 15.8 Å². The summed E-state index contributed by atoms with van der Waals surface area (Å²) in [5.41, 5.74) is 7.40. The molecule has 0 aliphatic rings. The first-order valence-corrected chi connectivity index (χ1v) is 8.36. The number of ether oxygens (including phenoxy) is 1. The van der Waals surface area contributed by atoms with Crippen molar-refractivity contribution in [2.75, 3.05) is 24.7 Å². The fourth-order valence-electron chi connectivity index (χ4n) is 1.89. The summed E-state index contributed by atoms with van der Waals surface area (Å²) in [5, 5.41) is 3.01. The molecule has 4 nitrogen and oxygen atoms in total. The smallest absolute Gasteiger partial charge is 0.193 e. The van der Waals surface area contributed by atoms with Crippen molar-refractivity contribution in [3.05, 3.63) is 59.9 Å². The van der Waals surface area contributed by atoms with Crippen molar-refractivity contribution in [1.82, 2.24) is 0 Å². The first kappa shape index (κ1) is 20.6. The second kappa shape index (κ2) is 11.1. The van der Waals surface area contributed by atoms with E-state index in [4.69, 9.17) is 10.5 Å². The van der Waals surface area contributed by atoms with E-state index in [-0.39, 0.29) is 29.8 Å². The van der Waals surface area contributed by atoms with Gasteiger partial charge in [-0.15, -0.1) is 24.0 Å². The number of benzene rings is 2. The summed E-state index contributed by atoms with van der Waals surface area (Å²) >= 11 is 1.63. The average Bonchev–Trinajstić information content (AvgIpc) is 2.57. The van der Waals surface area contributed by atoms with Crippen molar-refractivity contribution < 1.29 is 9.13 Å². The highest BCUT2D eigenvalue weighted by atomic mass is 127. The Hall–Kier alpha value is -1.48. The fourth-order valence-corrected chi connectivity index (χ4v) is 2.71. The molecule has 2 rings (SSSR count). The lowest BCUT2D eigenvalue weighted by Crippen LogP contribution is -2.23. The second-order valence-corrected chi connectivity index (χ2v) is 5.87. The molecule has 3 N–H and O–H groups in total. The number of nitrogens with zero attached hydrogens (tertiary/aromatic N) is 1. The van der Waals surface area contributed by atoms with Gasteiger partial charge in [-0.2, -0.15) is 11.8 Å². The Bertz CT molecular complexity index is 653. The zero-order chi connectivity index (χ0) is 16.5. The van der Waals surface area contributed by atoms with Crippen molar-refractivity contribution in [3.8, 4) is 5.75 Å². The van der Waals surface area contributed by atoms with Gasteiger partial charge in [-0.1, -0.05) is 18.2 Å². The molecule has 0 radical (unpaired) electrons. The minimum atomic E-state index is -0.163. The molecule has 0 saturated carbocycles. The topological polar surface area (TPSA) is 59.6 Å². The van der Waals surface area contributed by atoms with Gasteiger partial charge in [0.15, 0.2) is 5.96 Å². The molecule has 0 atom stereocenters. The van der Waals surface area contributed by atoms with Gasteiger partial charge >= 0.3 is 0 Å². The van der Waals surface area contributed by atoms with Gasteiger partial charge in [0.2, 0.25) is 0 Å². The van der Waals surface area contributed by atoms with Gasteiger partial charge in [0.05, 0.1) is 13.7 Å². The van der Waals surface area contributed by atoms with Gasteiger partial charge in [0.25, 0.3) is 0 Å². The maximum Gasteiger partial charge on any atom is 0.193 e. The number of aliphatic imine (C=N–C) groups is 1. The highest BCUT2D eigenvalue weighted by molar-refractivity contribution is 14.0. The fraction of sp³-hybridized carbons (Fsp3) is 0.235. The van der Waals surface area contributed by atoms with Crippen LogP contribution in [0.4, 0.5) is 10.1 Å². The van der Waals surface area contributed by atoms with E-state index in [0.717, 1.165) is 17.2 Å². The molecular weight excluding hydrogens is 440 g/mol. The molecule has 0 fully saturated rings. The lowest BCUT2D eigenvalue weighted by molar-refractivity contribution is 0.415. The lowest BCUT2D eigenvalue weighted by atomic mass is 10.2. The first-order chi connectivity index (χ1) is 11.2. The Morgan fingerprint density at radius 1 is 1.21 bits per heavy atom. The maximum atomic E-state index is 13.4. The highest BCUT2D eigenvalue weighted by Crippen LogP contribution is 2.16. The average molecular weight is 461 g/mol. The zero-order valence-corrected chi connectivity index (χ0v) is 16.5. The minimum Gasteiger partial charge on any atom is -0.497 e. The Balaban J connectivity index is 0.00000288. The standard InChI is InChI=1S/C17H20FN3OS.HI/c1-22-15-8-6-14(7-9-15)21-17(19)20-10-11-23-12-13-4-2-3-5-16(13)18;/h2-9H,10-12H2,1H3,(H3,19,20,21);1H. The van der Waals surface area contributed by atoms with Gasteiger partial charge in [-0.05, 0) is 35.9 Å².